The zero-order valence-electron chi connectivity index (χ0n) is 24.2. The Labute approximate surface area is 257 Å². The maximum absolute atomic E-state index is 15.6. The zero-order chi connectivity index (χ0) is 30.5. The first-order valence-corrected chi connectivity index (χ1v) is 15.1. The van der Waals surface area contributed by atoms with Gasteiger partial charge < -0.3 is 5.32 Å². The molecule has 2 aromatic carbocycles. The van der Waals surface area contributed by atoms with Crippen molar-refractivity contribution < 1.29 is 9.18 Å². The fraction of sp³-hybridized carbons (Fsp3) is 0.312. The van der Waals surface area contributed by atoms with Crippen molar-refractivity contribution in [2.45, 2.75) is 51.0 Å². The summed E-state index contributed by atoms with van der Waals surface area (Å²) in [6.45, 7) is 1.90. The molecule has 1 saturated carbocycles. The van der Waals surface area contributed by atoms with Crippen molar-refractivity contribution in [1.82, 2.24) is 34.3 Å². The van der Waals surface area contributed by atoms with Crippen molar-refractivity contribution in [3.05, 3.63) is 93.6 Å². The highest BCUT2D eigenvalue weighted by Crippen LogP contribution is 2.40. The van der Waals surface area contributed by atoms with Crippen LogP contribution in [0, 0.1) is 11.7 Å². The van der Waals surface area contributed by atoms with Crippen molar-refractivity contribution >= 4 is 23.2 Å². The minimum absolute atomic E-state index is 0.0771. The average Bonchev–Trinajstić information content (AvgIpc) is 3.64. The number of nitrogens with one attached hydrogen (secondary N) is 1. The van der Waals surface area contributed by atoms with Crippen molar-refractivity contribution in [3.8, 4) is 28.2 Å². The van der Waals surface area contributed by atoms with Crippen LogP contribution in [0.25, 0.3) is 28.2 Å². The van der Waals surface area contributed by atoms with Crippen LogP contribution in [-0.4, -0.2) is 40.2 Å². The standard InChI is InChI=1S/C32H30ClFN8O2/c1-18-5-3-8-26(20-6-4-7-21(13-20)31-24(37-32(18)44)15-36-40(31)2)41-17-35-23(14-28(41)43)29-27(12-11-22(33)30(29)34)42-16-25(38-39-42)19-9-10-19/h4,6-7,11-19,26H,3,5,8-10H2,1-2H3,(H,37,44)/t18-,26+/m1/s1. The number of fused-ring (bicyclic) bond motifs is 4. The predicted molar refractivity (Wildman–Crippen MR) is 164 cm³/mol. The topological polar surface area (TPSA) is 113 Å². The largest absolute Gasteiger partial charge is 0.323 e. The van der Waals surface area contributed by atoms with E-state index in [0.29, 0.717) is 36.6 Å². The minimum atomic E-state index is -0.685. The second-order valence-corrected chi connectivity index (χ2v) is 12.0. The van der Waals surface area contributed by atoms with Crippen LogP contribution < -0.4 is 10.9 Å². The van der Waals surface area contributed by atoms with E-state index in [0.717, 1.165) is 35.4 Å². The molecule has 44 heavy (non-hydrogen) atoms. The number of nitrogens with zero attached hydrogens (tertiary/aromatic N) is 7. The molecule has 2 bridgehead atoms. The highest BCUT2D eigenvalue weighted by Gasteiger charge is 2.28. The van der Waals surface area contributed by atoms with Gasteiger partial charge in [0, 0.05) is 30.5 Å². The fourth-order valence-electron chi connectivity index (χ4n) is 5.95. The van der Waals surface area contributed by atoms with Crippen molar-refractivity contribution in [2.75, 3.05) is 5.32 Å². The molecule has 0 radical (unpaired) electrons. The van der Waals surface area contributed by atoms with Crippen LogP contribution in [0.15, 0.2) is 66.0 Å². The molecule has 3 aromatic heterocycles. The molecular weight excluding hydrogens is 583 g/mol. The highest BCUT2D eigenvalue weighted by atomic mass is 35.5. The summed E-state index contributed by atoms with van der Waals surface area (Å²) in [6.07, 6.45) is 8.94. The second-order valence-electron chi connectivity index (χ2n) is 11.6. The SMILES string of the molecule is C[C@@H]1CCC[C@H](n2cnc(-c3c(-n4cc(C5CC5)nn4)ccc(Cl)c3F)cc2=O)c2cccc(c2)-c2c(cnn2C)NC1=O. The lowest BCUT2D eigenvalue weighted by Crippen LogP contribution is -2.26. The Morgan fingerprint density at radius 1 is 1.07 bits per heavy atom. The Kier molecular flexibility index (Phi) is 7.12. The first kappa shape index (κ1) is 28.1. The number of amides is 1. The Balaban J connectivity index is 1.31. The van der Waals surface area contributed by atoms with Crippen molar-refractivity contribution in [3.63, 3.8) is 0 Å². The number of rotatable bonds is 4. The molecular formula is C32H30ClFN8O2. The molecule has 12 heteroatoms. The number of carbonyl (C=O) groups excluding carboxylic acids is 1. The molecule has 1 fully saturated rings. The molecule has 1 aliphatic carbocycles. The third kappa shape index (κ3) is 5.11. The Hall–Kier alpha value is -4.64. The van der Waals surface area contributed by atoms with Crippen LogP contribution in [0.3, 0.4) is 0 Å². The summed E-state index contributed by atoms with van der Waals surface area (Å²) >= 11 is 6.20. The summed E-state index contributed by atoms with van der Waals surface area (Å²) in [5.41, 5.74) is 4.32. The third-order valence-electron chi connectivity index (χ3n) is 8.56. The summed E-state index contributed by atoms with van der Waals surface area (Å²) < 4.78 is 20.4. The summed E-state index contributed by atoms with van der Waals surface area (Å²) in [7, 11) is 1.83. The van der Waals surface area contributed by atoms with Crippen LogP contribution in [0.2, 0.25) is 5.02 Å². The maximum Gasteiger partial charge on any atom is 0.254 e. The molecule has 1 N–H and O–H groups in total. The first-order valence-electron chi connectivity index (χ1n) is 14.7. The van der Waals surface area contributed by atoms with Gasteiger partial charge in [0.15, 0.2) is 5.82 Å². The third-order valence-corrected chi connectivity index (χ3v) is 8.85. The number of halogens is 2. The Morgan fingerprint density at radius 3 is 2.70 bits per heavy atom. The number of aryl methyl sites for hydroxylation is 1. The smallest absolute Gasteiger partial charge is 0.254 e. The van der Waals surface area contributed by atoms with E-state index in [1.54, 1.807) is 27.7 Å². The molecule has 1 amide bonds. The normalized spacial score (nSPS) is 18.7. The second kappa shape index (κ2) is 11.1. The molecule has 10 nitrogen and oxygen atoms in total. The van der Waals surface area contributed by atoms with Crippen molar-refractivity contribution in [1.29, 1.82) is 0 Å². The number of aromatic nitrogens is 7. The molecule has 2 aliphatic rings. The van der Waals surface area contributed by atoms with E-state index in [9.17, 15) is 9.59 Å². The molecule has 7 rings (SSSR count). The van der Waals surface area contributed by atoms with E-state index in [2.05, 4.69) is 25.7 Å². The van der Waals surface area contributed by atoms with Gasteiger partial charge in [0.05, 0.1) is 63.8 Å². The van der Waals surface area contributed by atoms with Crippen LogP contribution in [0.1, 0.15) is 62.2 Å². The highest BCUT2D eigenvalue weighted by molar-refractivity contribution is 6.31. The van der Waals surface area contributed by atoms with Gasteiger partial charge in [0.2, 0.25) is 5.91 Å². The van der Waals surface area contributed by atoms with Crippen molar-refractivity contribution in [2.24, 2.45) is 13.0 Å². The van der Waals surface area contributed by atoms with Gasteiger partial charge in [0.25, 0.3) is 5.56 Å². The molecule has 224 valence electrons. The predicted octanol–water partition coefficient (Wildman–Crippen LogP) is 5.91. The monoisotopic (exact) mass is 612 g/mol. The van der Waals surface area contributed by atoms with E-state index in [4.69, 9.17) is 11.6 Å². The Morgan fingerprint density at radius 2 is 1.91 bits per heavy atom. The van der Waals surface area contributed by atoms with Crippen LogP contribution in [0.4, 0.5) is 10.1 Å². The molecule has 0 unspecified atom stereocenters. The fourth-order valence-corrected chi connectivity index (χ4v) is 6.11. The van der Waals surface area contributed by atoms with Gasteiger partial charge in [-0.15, -0.1) is 5.10 Å². The molecule has 4 heterocycles. The van der Waals surface area contributed by atoms with Gasteiger partial charge in [-0.1, -0.05) is 48.4 Å². The quantitative estimate of drug-likeness (QED) is 0.270. The summed E-state index contributed by atoms with van der Waals surface area (Å²) in [6, 6.07) is 12.0. The van der Waals surface area contributed by atoms with Crippen LogP contribution in [-0.2, 0) is 11.8 Å². The average molecular weight is 613 g/mol. The van der Waals surface area contributed by atoms with E-state index in [-0.39, 0.29) is 39.7 Å². The van der Waals surface area contributed by atoms with Gasteiger partial charge in [-0.2, -0.15) is 5.10 Å². The number of hydrogen-bond donors (Lipinski definition) is 1. The summed E-state index contributed by atoms with van der Waals surface area (Å²) in [5, 5.41) is 15.8. The van der Waals surface area contributed by atoms with E-state index in [1.165, 1.54) is 23.1 Å². The number of benzene rings is 2. The lowest BCUT2D eigenvalue weighted by molar-refractivity contribution is -0.119. The first-order chi connectivity index (χ1) is 21.3. The van der Waals surface area contributed by atoms with Gasteiger partial charge >= 0.3 is 0 Å². The molecule has 5 aromatic rings. The maximum atomic E-state index is 15.6. The number of anilines is 1. The molecule has 2 atom stereocenters. The molecule has 1 aliphatic heterocycles. The summed E-state index contributed by atoms with van der Waals surface area (Å²) in [5.74, 6) is -0.625. The molecule has 0 spiro atoms. The van der Waals surface area contributed by atoms with Gasteiger partial charge in [-0.3, -0.25) is 18.8 Å². The zero-order valence-corrected chi connectivity index (χ0v) is 25.0. The lowest BCUT2D eigenvalue weighted by atomic mass is 9.94. The number of hydrogen-bond acceptors (Lipinski definition) is 6. The van der Waals surface area contributed by atoms with Crippen LogP contribution in [0.5, 0.6) is 0 Å². The summed E-state index contributed by atoms with van der Waals surface area (Å²) in [4.78, 5) is 31.4. The van der Waals surface area contributed by atoms with E-state index < -0.39 is 5.82 Å². The van der Waals surface area contributed by atoms with E-state index >= 15 is 4.39 Å². The van der Waals surface area contributed by atoms with Gasteiger partial charge in [-0.05, 0) is 49.4 Å². The lowest BCUT2D eigenvalue weighted by Gasteiger charge is -2.23. The number of carbonyl (C=O) groups is 1. The minimum Gasteiger partial charge on any atom is -0.323 e. The molecule has 0 saturated heterocycles. The van der Waals surface area contributed by atoms with Crippen LogP contribution >= 0.6 is 11.6 Å². The van der Waals surface area contributed by atoms with E-state index in [1.807, 2.05) is 38.2 Å². The van der Waals surface area contributed by atoms with Gasteiger partial charge in [0.1, 0.15) is 0 Å². The van der Waals surface area contributed by atoms with Gasteiger partial charge in [-0.25, -0.2) is 14.1 Å². The Bertz CT molecular complexity index is 1960.